The van der Waals surface area contributed by atoms with Gasteiger partial charge in [0.2, 0.25) is 0 Å². The van der Waals surface area contributed by atoms with Crippen molar-refractivity contribution in [3.63, 3.8) is 0 Å². The Kier molecular flexibility index (Phi) is 0.715. The van der Waals surface area contributed by atoms with Crippen LogP contribution in [-0.2, 0) is 0 Å². The molecule has 0 atom stereocenters. The van der Waals surface area contributed by atoms with E-state index in [0.29, 0.717) is 0 Å². The molecule has 0 nitrogen and oxygen atoms in total. The van der Waals surface area contributed by atoms with Crippen LogP contribution >= 0.6 is 0 Å². The van der Waals surface area contributed by atoms with Gasteiger partial charge in [0.25, 0.3) is 0 Å². The van der Waals surface area contributed by atoms with Crippen molar-refractivity contribution in [2.24, 2.45) is 0 Å². The summed E-state index contributed by atoms with van der Waals surface area (Å²) >= 11 is -11.2. The van der Waals surface area contributed by atoms with Crippen LogP contribution in [0.2, 0.25) is 0 Å². The van der Waals surface area contributed by atoms with E-state index in [-0.39, 0.29) is 0 Å². The molecule has 0 aromatic carbocycles. The molecule has 0 saturated heterocycles. The first-order valence-electron chi connectivity index (χ1n) is 1.13. The topological polar surface area (TPSA) is 0 Å². The number of hydrogen-bond acceptors (Lipinski definition) is 0. The second-order valence-electron chi connectivity index (χ2n) is 1.07. The zero-order chi connectivity index (χ0) is 6.41. The normalized spacial score (nSPS) is 23.1. The van der Waals surface area contributed by atoms with Gasteiger partial charge in [-0.25, -0.2) is 0 Å². The van der Waals surface area contributed by atoms with Crippen LogP contribution in [0.25, 0.3) is 0 Å². The van der Waals surface area contributed by atoms with Gasteiger partial charge >= 0.3 is 34.9 Å². The average molecular weight is 187 g/mol. The SMILES string of the molecule is [F][Ge-2]([F])([F])([F])([F])[F]. The van der Waals surface area contributed by atoms with Gasteiger partial charge in [0.15, 0.2) is 0 Å². The maximum absolute atomic E-state index is 11.2. The summed E-state index contributed by atoms with van der Waals surface area (Å²) in [5.74, 6) is 0. The first kappa shape index (κ1) is 7.12. The zero-order valence-corrected chi connectivity index (χ0v) is 4.87. The van der Waals surface area contributed by atoms with Gasteiger partial charge in [-0.05, 0) is 0 Å². The predicted octanol–water partition coefficient (Wildman–Crippen LogP) is 2.14. The Balaban J connectivity index is 4.43. The molecule has 0 N–H and O–H groups in total. The van der Waals surface area contributed by atoms with Crippen molar-refractivity contribution in [2.75, 3.05) is 0 Å². The van der Waals surface area contributed by atoms with Gasteiger partial charge in [-0.15, -0.1) is 0 Å². The molecule has 0 spiro atoms. The van der Waals surface area contributed by atoms with Gasteiger partial charge in [-0.1, -0.05) is 0 Å². The van der Waals surface area contributed by atoms with Gasteiger partial charge < -0.3 is 0 Å². The van der Waals surface area contributed by atoms with Gasteiger partial charge in [0.05, 0.1) is 0 Å². The molecule has 7 heteroatoms. The molecule has 0 aromatic heterocycles. The second-order valence-corrected chi connectivity index (χ2v) is 5.57. The Morgan fingerprint density at radius 1 is 0.571 bits per heavy atom. The van der Waals surface area contributed by atoms with Crippen molar-refractivity contribution in [2.45, 2.75) is 0 Å². The molecule has 0 amide bonds. The van der Waals surface area contributed by atoms with Gasteiger partial charge in [-0.2, -0.15) is 0 Å². The van der Waals surface area contributed by atoms with Crippen molar-refractivity contribution in [3.05, 3.63) is 0 Å². The third-order valence-corrected chi connectivity index (χ3v) is 0. The number of halogens is 6. The quantitative estimate of drug-likeness (QED) is 0.402. The van der Waals surface area contributed by atoms with Crippen LogP contribution in [0.5, 0.6) is 0 Å². The number of rotatable bonds is 0. The predicted molar refractivity (Wildman–Crippen MR) is 12.4 cm³/mol. The van der Waals surface area contributed by atoms with E-state index in [2.05, 4.69) is 0 Å². The van der Waals surface area contributed by atoms with Gasteiger partial charge in [0.1, 0.15) is 0 Å². The average Bonchev–Trinajstić information content (AvgIpc) is 0.592. The Morgan fingerprint density at radius 2 is 0.571 bits per heavy atom. The Labute approximate surface area is 35.9 Å². The molecule has 0 bridgehead atoms. The fourth-order valence-corrected chi connectivity index (χ4v) is 0. The second kappa shape index (κ2) is 0.703. The molecule has 0 unspecified atom stereocenters. The summed E-state index contributed by atoms with van der Waals surface area (Å²) in [6, 6.07) is 0. The van der Waals surface area contributed by atoms with E-state index < -0.39 is 13.9 Å². The Bertz CT molecular complexity index is 62.7. The van der Waals surface area contributed by atoms with Gasteiger partial charge in [-0.3, -0.25) is 0 Å². The number of hydrogen-bond donors (Lipinski definition) is 0. The molecule has 48 valence electrons. The van der Waals surface area contributed by atoms with E-state index in [1.807, 2.05) is 0 Å². The Morgan fingerprint density at radius 3 is 0.571 bits per heavy atom. The third kappa shape index (κ3) is 6900. The monoisotopic (exact) mass is 188 g/mol. The first-order chi connectivity index (χ1) is 2.45. The summed E-state index contributed by atoms with van der Waals surface area (Å²) in [6.45, 7) is 0. The summed E-state index contributed by atoms with van der Waals surface area (Å²) in [5, 5.41) is 0. The summed E-state index contributed by atoms with van der Waals surface area (Å²) in [4.78, 5) is 0. The molecular weight excluding hydrogens is 187 g/mol. The van der Waals surface area contributed by atoms with Crippen LogP contribution in [0.4, 0.5) is 21.0 Å². The molecule has 0 radical (unpaired) electrons. The van der Waals surface area contributed by atoms with Crippen LogP contribution in [0.3, 0.4) is 0 Å². The molecule has 0 heterocycles. The molecule has 0 saturated carbocycles. The molecule has 0 fully saturated rings. The van der Waals surface area contributed by atoms with Crippen molar-refractivity contribution < 1.29 is 21.0 Å². The minimum atomic E-state index is -11.2. The zero-order valence-electron chi connectivity index (χ0n) is 2.77. The van der Waals surface area contributed by atoms with Crippen LogP contribution in [0, 0.1) is 0 Å². The van der Waals surface area contributed by atoms with Crippen molar-refractivity contribution in [1.82, 2.24) is 0 Å². The van der Waals surface area contributed by atoms with E-state index in [4.69, 9.17) is 0 Å². The van der Waals surface area contributed by atoms with Crippen molar-refractivity contribution in [3.8, 4) is 0 Å². The molecule has 0 rings (SSSR count). The first-order valence-corrected chi connectivity index (χ1v) is 5.89. The van der Waals surface area contributed by atoms with Crippen LogP contribution in [0.15, 0.2) is 0 Å². The summed E-state index contributed by atoms with van der Waals surface area (Å²) in [5.41, 5.74) is 0. The van der Waals surface area contributed by atoms with E-state index in [9.17, 15) is 21.0 Å². The molecule has 0 aliphatic heterocycles. The van der Waals surface area contributed by atoms with E-state index in [1.54, 1.807) is 0 Å². The van der Waals surface area contributed by atoms with Crippen molar-refractivity contribution >= 4 is 13.9 Å². The van der Waals surface area contributed by atoms with Crippen LogP contribution in [0.1, 0.15) is 0 Å². The van der Waals surface area contributed by atoms with Crippen molar-refractivity contribution in [1.29, 1.82) is 0 Å². The Hall–Kier alpha value is 0.123. The maximum atomic E-state index is 9.92. The molecule has 0 aliphatic carbocycles. The summed E-state index contributed by atoms with van der Waals surface area (Å²) in [6.07, 6.45) is 0. The minimum absolute atomic E-state index is 9.92. The fraction of sp³-hybridized carbons (Fsp3) is 0. The third-order valence-electron chi connectivity index (χ3n) is 0. The molecule has 7 heavy (non-hydrogen) atoms. The molecule has 0 aromatic rings. The van der Waals surface area contributed by atoms with E-state index >= 15 is 0 Å². The van der Waals surface area contributed by atoms with Gasteiger partial charge in [0, 0.05) is 0 Å². The van der Waals surface area contributed by atoms with E-state index in [1.165, 1.54) is 0 Å². The summed E-state index contributed by atoms with van der Waals surface area (Å²) in [7, 11) is 0. The van der Waals surface area contributed by atoms with Crippen LogP contribution in [-0.4, -0.2) is 13.9 Å². The van der Waals surface area contributed by atoms with E-state index in [0.717, 1.165) is 0 Å². The van der Waals surface area contributed by atoms with Crippen LogP contribution < -0.4 is 0 Å². The molecular formula is F6Ge-2. The molecule has 0 aliphatic rings. The standard InChI is InChI=1S/F6Ge/c1-7(2,3,4,5)6/q-2. The fourth-order valence-electron chi connectivity index (χ4n) is 0. The summed E-state index contributed by atoms with van der Waals surface area (Å²) < 4.78 is 59.5.